The topological polar surface area (TPSA) is 69.9 Å². The van der Waals surface area contributed by atoms with Crippen LogP contribution in [0.1, 0.15) is 32.6 Å². The Hall–Kier alpha value is -2.15. The lowest BCUT2D eigenvalue weighted by molar-refractivity contribution is -0.384. The Balaban J connectivity index is 1.50. The third-order valence-corrected chi connectivity index (χ3v) is 5.58. The summed E-state index contributed by atoms with van der Waals surface area (Å²) in [5.41, 5.74) is 1.12. The molecule has 7 nitrogen and oxygen atoms in total. The van der Waals surface area contributed by atoms with E-state index in [0.717, 1.165) is 57.7 Å². The highest BCUT2D eigenvalue weighted by molar-refractivity contribution is 5.78. The number of nitro benzene ring substituents is 1. The second-order valence-electron chi connectivity index (χ2n) is 7.18. The molecular weight excluding hydrogens is 332 g/mol. The van der Waals surface area contributed by atoms with Crippen LogP contribution in [-0.4, -0.2) is 65.9 Å². The monoisotopic (exact) mass is 360 g/mol. The minimum atomic E-state index is -0.377. The molecule has 1 aromatic rings. The van der Waals surface area contributed by atoms with Gasteiger partial charge in [-0.2, -0.15) is 0 Å². The predicted molar refractivity (Wildman–Crippen MR) is 101 cm³/mol. The van der Waals surface area contributed by atoms with E-state index in [2.05, 4.69) is 21.6 Å². The summed E-state index contributed by atoms with van der Waals surface area (Å²) in [7, 11) is 0. The molecule has 2 heterocycles. The minimum absolute atomic E-state index is 0.116. The van der Waals surface area contributed by atoms with Gasteiger partial charge in [-0.15, -0.1) is 0 Å². The van der Waals surface area contributed by atoms with Crippen LogP contribution in [0.5, 0.6) is 0 Å². The molecule has 26 heavy (non-hydrogen) atoms. The number of carbonyl (C=O) groups is 1. The summed E-state index contributed by atoms with van der Waals surface area (Å²) in [4.78, 5) is 29.6. The SMILES string of the molecule is CC[C@@H]1CCCCN1C(=O)CN1CCN(c2ccc([N+](=O)[O-])cc2)CC1. The lowest BCUT2D eigenvalue weighted by Gasteiger charge is -2.39. The molecule has 3 rings (SSSR count). The maximum absolute atomic E-state index is 12.7. The zero-order valence-corrected chi connectivity index (χ0v) is 15.5. The smallest absolute Gasteiger partial charge is 0.269 e. The van der Waals surface area contributed by atoms with Gasteiger partial charge < -0.3 is 9.80 Å². The first-order chi connectivity index (χ1) is 12.6. The van der Waals surface area contributed by atoms with Crippen LogP contribution in [0.4, 0.5) is 11.4 Å². The molecule has 1 aromatic carbocycles. The van der Waals surface area contributed by atoms with Crippen molar-refractivity contribution >= 4 is 17.3 Å². The summed E-state index contributed by atoms with van der Waals surface area (Å²) >= 11 is 0. The second-order valence-corrected chi connectivity index (χ2v) is 7.18. The molecule has 2 saturated heterocycles. The van der Waals surface area contributed by atoms with Crippen LogP contribution in [0.2, 0.25) is 0 Å². The van der Waals surface area contributed by atoms with Gasteiger partial charge in [0, 0.05) is 56.6 Å². The molecular formula is C19H28N4O3. The maximum atomic E-state index is 12.7. The Bertz CT molecular complexity index is 626. The Morgan fingerprint density at radius 2 is 1.81 bits per heavy atom. The molecule has 2 fully saturated rings. The molecule has 142 valence electrons. The number of piperidine rings is 1. The minimum Gasteiger partial charge on any atom is -0.369 e. The van der Waals surface area contributed by atoms with Gasteiger partial charge in [-0.25, -0.2) is 0 Å². The van der Waals surface area contributed by atoms with Gasteiger partial charge >= 0.3 is 0 Å². The fourth-order valence-corrected chi connectivity index (χ4v) is 3.98. The molecule has 0 bridgehead atoms. The number of nitro groups is 1. The van der Waals surface area contributed by atoms with E-state index in [9.17, 15) is 14.9 Å². The molecule has 0 N–H and O–H groups in total. The molecule has 0 radical (unpaired) electrons. The van der Waals surface area contributed by atoms with E-state index in [1.54, 1.807) is 24.3 Å². The van der Waals surface area contributed by atoms with E-state index >= 15 is 0 Å². The molecule has 2 aliphatic heterocycles. The Morgan fingerprint density at radius 3 is 2.42 bits per heavy atom. The van der Waals surface area contributed by atoms with Gasteiger partial charge in [-0.05, 0) is 37.8 Å². The van der Waals surface area contributed by atoms with Crippen molar-refractivity contribution in [1.29, 1.82) is 0 Å². The second kappa shape index (κ2) is 8.49. The molecule has 0 aromatic heterocycles. The normalized spacial score (nSPS) is 21.7. The van der Waals surface area contributed by atoms with E-state index < -0.39 is 0 Å². The summed E-state index contributed by atoms with van der Waals surface area (Å²) in [6, 6.07) is 7.12. The Labute approximate surface area is 154 Å². The lowest BCUT2D eigenvalue weighted by Crippen LogP contribution is -2.52. The summed E-state index contributed by atoms with van der Waals surface area (Å²) in [6.45, 7) is 6.93. The van der Waals surface area contributed by atoms with Crippen molar-refractivity contribution in [3.63, 3.8) is 0 Å². The number of benzene rings is 1. The summed E-state index contributed by atoms with van der Waals surface area (Å²) < 4.78 is 0. The number of rotatable bonds is 5. The number of carbonyl (C=O) groups excluding carboxylic acids is 1. The van der Waals surface area contributed by atoms with Gasteiger partial charge in [0.05, 0.1) is 11.5 Å². The van der Waals surface area contributed by atoms with Crippen molar-refractivity contribution in [1.82, 2.24) is 9.80 Å². The first kappa shape index (κ1) is 18.6. The number of non-ortho nitro benzene ring substituents is 1. The van der Waals surface area contributed by atoms with Crippen molar-refractivity contribution in [3.05, 3.63) is 34.4 Å². The Kier molecular flexibility index (Phi) is 6.08. The van der Waals surface area contributed by atoms with Crippen LogP contribution in [0.25, 0.3) is 0 Å². The molecule has 7 heteroatoms. The molecule has 1 atom stereocenters. The fraction of sp³-hybridized carbons (Fsp3) is 0.632. The van der Waals surface area contributed by atoms with Crippen LogP contribution in [0.15, 0.2) is 24.3 Å². The molecule has 0 unspecified atom stereocenters. The van der Waals surface area contributed by atoms with Crippen molar-refractivity contribution in [2.24, 2.45) is 0 Å². The quantitative estimate of drug-likeness (QED) is 0.596. The number of likely N-dealkylation sites (tertiary alicyclic amines) is 1. The fourth-order valence-electron chi connectivity index (χ4n) is 3.98. The van der Waals surface area contributed by atoms with Crippen molar-refractivity contribution in [2.45, 2.75) is 38.6 Å². The van der Waals surface area contributed by atoms with E-state index in [4.69, 9.17) is 0 Å². The number of hydrogen-bond donors (Lipinski definition) is 0. The van der Waals surface area contributed by atoms with Gasteiger partial charge in [0.1, 0.15) is 0 Å². The van der Waals surface area contributed by atoms with Gasteiger partial charge in [-0.3, -0.25) is 19.8 Å². The zero-order valence-electron chi connectivity index (χ0n) is 15.5. The third-order valence-electron chi connectivity index (χ3n) is 5.58. The number of piperazine rings is 1. The molecule has 0 spiro atoms. The highest BCUT2D eigenvalue weighted by atomic mass is 16.6. The average molecular weight is 360 g/mol. The van der Waals surface area contributed by atoms with Crippen molar-refractivity contribution in [3.8, 4) is 0 Å². The molecule has 0 saturated carbocycles. The standard InChI is InChI=1S/C19H28N4O3/c1-2-16-5-3-4-10-22(16)19(24)15-20-11-13-21(14-12-20)17-6-8-18(9-7-17)23(25)26/h6-9,16H,2-5,10-15H2,1H3/t16-/m1/s1. The largest absolute Gasteiger partial charge is 0.369 e. The summed E-state index contributed by atoms with van der Waals surface area (Å²) in [5, 5.41) is 10.8. The van der Waals surface area contributed by atoms with E-state index in [1.807, 2.05) is 0 Å². The van der Waals surface area contributed by atoms with Gasteiger partial charge in [0.2, 0.25) is 5.91 Å². The highest BCUT2D eigenvalue weighted by Gasteiger charge is 2.27. The van der Waals surface area contributed by atoms with E-state index in [1.165, 1.54) is 6.42 Å². The average Bonchev–Trinajstić information content (AvgIpc) is 2.68. The predicted octanol–water partition coefficient (Wildman–Crippen LogP) is 2.51. The van der Waals surface area contributed by atoms with Gasteiger partial charge in [0.15, 0.2) is 0 Å². The van der Waals surface area contributed by atoms with Gasteiger partial charge in [-0.1, -0.05) is 6.92 Å². The Morgan fingerprint density at radius 1 is 1.12 bits per heavy atom. The summed E-state index contributed by atoms with van der Waals surface area (Å²) in [6.07, 6.45) is 4.53. The number of hydrogen-bond acceptors (Lipinski definition) is 5. The number of nitrogens with zero attached hydrogens (tertiary/aromatic N) is 4. The highest BCUT2D eigenvalue weighted by Crippen LogP contribution is 2.22. The van der Waals surface area contributed by atoms with E-state index in [-0.39, 0.29) is 16.5 Å². The zero-order chi connectivity index (χ0) is 18.5. The van der Waals surface area contributed by atoms with Gasteiger partial charge in [0.25, 0.3) is 5.69 Å². The van der Waals surface area contributed by atoms with Crippen LogP contribution < -0.4 is 4.90 Å². The van der Waals surface area contributed by atoms with Crippen molar-refractivity contribution in [2.75, 3.05) is 44.2 Å². The molecule has 1 amide bonds. The van der Waals surface area contributed by atoms with Crippen LogP contribution in [0.3, 0.4) is 0 Å². The third kappa shape index (κ3) is 4.33. The first-order valence-corrected chi connectivity index (χ1v) is 9.59. The van der Waals surface area contributed by atoms with Crippen LogP contribution in [-0.2, 0) is 4.79 Å². The number of anilines is 1. The van der Waals surface area contributed by atoms with Crippen LogP contribution >= 0.6 is 0 Å². The lowest BCUT2D eigenvalue weighted by atomic mass is 10.00. The van der Waals surface area contributed by atoms with E-state index in [0.29, 0.717) is 12.6 Å². The van der Waals surface area contributed by atoms with Crippen molar-refractivity contribution < 1.29 is 9.72 Å². The first-order valence-electron chi connectivity index (χ1n) is 9.59. The molecule has 2 aliphatic rings. The molecule has 0 aliphatic carbocycles. The summed E-state index contributed by atoms with van der Waals surface area (Å²) in [5.74, 6) is 0.264. The number of amides is 1. The van der Waals surface area contributed by atoms with Crippen LogP contribution in [0, 0.1) is 10.1 Å². The maximum Gasteiger partial charge on any atom is 0.269 e.